The zero-order valence-electron chi connectivity index (χ0n) is 12.9. The highest BCUT2D eigenvalue weighted by Gasteiger charge is 2.31. The first-order chi connectivity index (χ1) is 11.8. The molecule has 0 saturated carbocycles. The van der Waals surface area contributed by atoms with Gasteiger partial charge in [-0.2, -0.15) is 13.2 Å². The van der Waals surface area contributed by atoms with Crippen molar-refractivity contribution in [2.24, 2.45) is 0 Å². The Kier molecular flexibility index (Phi) is 5.90. The topological polar surface area (TPSA) is 58.6 Å². The SMILES string of the molecule is O=C(NCC#Cc1cc(O)cc(C(F)(F)F)c1)OCc1ccccc1. The number of rotatable bonds is 3. The first kappa shape index (κ1) is 18.2. The van der Waals surface area contributed by atoms with Gasteiger partial charge in [-0.3, -0.25) is 0 Å². The highest BCUT2D eigenvalue weighted by atomic mass is 19.4. The minimum atomic E-state index is -4.57. The minimum Gasteiger partial charge on any atom is -0.508 e. The molecule has 2 aromatic rings. The zero-order chi connectivity index (χ0) is 18.3. The molecular formula is C18H14F3NO3. The van der Waals surface area contributed by atoms with E-state index in [1.807, 2.05) is 18.2 Å². The van der Waals surface area contributed by atoms with Gasteiger partial charge in [0.25, 0.3) is 0 Å². The highest BCUT2D eigenvalue weighted by Crippen LogP contribution is 2.32. The third-order valence-electron chi connectivity index (χ3n) is 3.01. The Bertz CT molecular complexity index is 793. The number of benzene rings is 2. The number of halogens is 3. The molecule has 1 amide bonds. The van der Waals surface area contributed by atoms with Gasteiger partial charge in [0.05, 0.1) is 12.1 Å². The van der Waals surface area contributed by atoms with E-state index in [4.69, 9.17) is 4.74 Å². The molecule has 0 unspecified atom stereocenters. The van der Waals surface area contributed by atoms with E-state index in [1.54, 1.807) is 12.1 Å². The van der Waals surface area contributed by atoms with Crippen LogP contribution in [0.2, 0.25) is 0 Å². The van der Waals surface area contributed by atoms with Crippen LogP contribution in [-0.2, 0) is 17.5 Å². The van der Waals surface area contributed by atoms with E-state index < -0.39 is 23.6 Å². The number of alkyl halides is 3. The van der Waals surface area contributed by atoms with Crippen molar-refractivity contribution in [1.82, 2.24) is 5.32 Å². The lowest BCUT2D eigenvalue weighted by Crippen LogP contribution is -2.24. The van der Waals surface area contributed by atoms with Crippen molar-refractivity contribution in [3.63, 3.8) is 0 Å². The Morgan fingerprint density at radius 2 is 1.88 bits per heavy atom. The van der Waals surface area contributed by atoms with E-state index in [9.17, 15) is 23.1 Å². The predicted molar refractivity (Wildman–Crippen MR) is 84.6 cm³/mol. The molecule has 4 nitrogen and oxygen atoms in total. The number of carbonyl (C=O) groups is 1. The summed E-state index contributed by atoms with van der Waals surface area (Å²) in [6.45, 7) is -0.00771. The molecule has 25 heavy (non-hydrogen) atoms. The smallest absolute Gasteiger partial charge is 0.416 e. The van der Waals surface area contributed by atoms with E-state index in [0.717, 1.165) is 17.7 Å². The summed E-state index contributed by atoms with van der Waals surface area (Å²) in [4.78, 5) is 11.5. The average molecular weight is 349 g/mol. The maximum absolute atomic E-state index is 12.6. The summed E-state index contributed by atoms with van der Waals surface area (Å²) in [7, 11) is 0. The van der Waals surface area contributed by atoms with Gasteiger partial charge < -0.3 is 15.2 Å². The van der Waals surface area contributed by atoms with E-state index in [0.29, 0.717) is 6.07 Å². The molecule has 0 radical (unpaired) electrons. The summed E-state index contributed by atoms with van der Waals surface area (Å²) in [5.41, 5.74) is -0.179. The largest absolute Gasteiger partial charge is 0.508 e. The fourth-order valence-electron chi connectivity index (χ4n) is 1.88. The monoisotopic (exact) mass is 349 g/mol. The Morgan fingerprint density at radius 1 is 1.16 bits per heavy atom. The maximum Gasteiger partial charge on any atom is 0.416 e. The lowest BCUT2D eigenvalue weighted by Gasteiger charge is -2.07. The Morgan fingerprint density at radius 3 is 2.56 bits per heavy atom. The molecule has 0 fully saturated rings. The number of phenols is 1. The van der Waals surface area contributed by atoms with E-state index in [-0.39, 0.29) is 18.7 Å². The number of hydrogen-bond acceptors (Lipinski definition) is 3. The predicted octanol–water partition coefficient (Wildman–Crippen LogP) is 3.69. The summed E-state index contributed by atoms with van der Waals surface area (Å²) in [5.74, 6) is 4.41. The summed E-state index contributed by atoms with van der Waals surface area (Å²) in [6.07, 6.45) is -5.26. The molecule has 0 aliphatic carbocycles. The molecule has 2 N–H and O–H groups in total. The van der Waals surface area contributed by atoms with Crippen LogP contribution in [0.5, 0.6) is 5.75 Å². The van der Waals surface area contributed by atoms with Crippen LogP contribution in [0.3, 0.4) is 0 Å². The van der Waals surface area contributed by atoms with Crippen molar-refractivity contribution < 1.29 is 27.8 Å². The lowest BCUT2D eigenvalue weighted by molar-refractivity contribution is -0.137. The van der Waals surface area contributed by atoms with Crippen LogP contribution in [-0.4, -0.2) is 17.7 Å². The number of nitrogens with one attached hydrogen (secondary N) is 1. The number of alkyl carbamates (subject to hydrolysis) is 1. The average Bonchev–Trinajstić information content (AvgIpc) is 2.56. The van der Waals surface area contributed by atoms with Gasteiger partial charge in [-0.05, 0) is 23.8 Å². The second kappa shape index (κ2) is 8.11. The fraction of sp³-hybridized carbons (Fsp3) is 0.167. The maximum atomic E-state index is 12.6. The second-order valence-corrected chi connectivity index (χ2v) is 4.98. The van der Waals surface area contributed by atoms with Crippen LogP contribution >= 0.6 is 0 Å². The van der Waals surface area contributed by atoms with E-state index in [1.165, 1.54) is 0 Å². The number of amides is 1. The first-order valence-corrected chi connectivity index (χ1v) is 7.19. The molecule has 0 aromatic heterocycles. The third kappa shape index (κ3) is 6.11. The normalized spacial score (nSPS) is 10.5. The van der Waals surface area contributed by atoms with Crippen molar-refractivity contribution in [3.8, 4) is 17.6 Å². The van der Waals surface area contributed by atoms with Crippen molar-refractivity contribution in [2.75, 3.05) is 6.54 Å². The highest BCUT2D eigenvalue weighted by molar-refractivity contribution is 5.67. The Hall–Kier alpha value is -3.14. The molecule has 0 saturated heterocycles. The number of aromatic hydroxyl groups is 1. The number of ether oxygens (including phenoxy) is 1. The van der Waals surface area contributed by atoms with Crippen LogP contribution in [0, 0.1) is 11.8 Å². The minimum absolute atomic E-state index is 0.00761. The fourth-order valence-corrected chi connectivity index (χ4v) is 1.88. The van der Waals surface area contributed by atoms with Crippen LogP contribution in [0.1, 0.15) is 16.7 Å². The summed E-state index contributed by atoms with van der Waals surface area (Å²) in [6, 6.07) is 11.6. The molecule has 0 aliphatic rings. The summed E-state index contributed by atoms with van der Waals surface area (Å²) < 4.78 is 42.9. The quantitative estimate of drug-likeness (QED) is 0.831. The first-order valence-electron chi connectivity index (χ1n) is 7.19. The third-order valence-corrected chi connectivity index (χ3v) is 3.01. The van der Waals surface area contributed by atoms with Gasteiger partial charge in [-0.1, -0.05) is 42.2 Å². The van der Waals surface area contributed by atoms with Crippen LogP contribution in [0.25, 0.3) is 0 Å². The number of phenolic OH excluding ortho intramolecular Hbond substituents is 1. The Balaban J connectivity index is 1.86. The van der Waals surface area contributed by atoms with Gasteiger partial charge >= 0.3 is 12.3 Å². The molecule has 0 aliphatic heterocycles. The second-order valence-electron chi connectivity index (χ2n) is 4.98. The van der Waals surface area contributed by atoms with Gasteiger partial charge in [0.2, 0.25) is 0 Å². The van der Waals surface area contributed by atoms with Crippen LogP contribution in [0.4, 0.5) is 18.0 Å². The van der Waals surface area contributed by atoms with Gasteiger partial charge in [0.15, 0.2) is 0 Å². The molecule has 2 rings (SSSR count). The molecule has 0 spiro atoms. The zero-order valence-corrected chi connectivity index (χ0v) is 12.9. The van der Waals surface area contributed by atoms with Gasteiger partial charge in [0.1, 0.15) is 12.4 Å². The van der Waals surface area contributed by atoms with Crippen molar-refractivity contribution >= 4 is 6.09 Å². The molecule has 7 heteroatoms. The molecule has 0 bridgehead atoms. The van der Waals surface area contributed by atoms with Gasteiger partial charge in [-0.15, -0.1) is 0 Å². The van der Waals surface area contributed by atoms with Crippen molar-refractivity contribution in [3.05, 3.63) is 65.2 Å². The summed E-state index contributed by atoms with van der Waals surface area (Å²) in [5, 5.41) is 11.7. The summed E-state index contributed by atoms with van der Waals surface area (Å²) >= 11 is 0. The standard InChI is InChI=1S/C18H14F3NO3/c19-18(20,21)15-9-14(10-16(23)11-15)7-4-8-22-17(24)25-12-13-5-2-1-3-6-13/h1-3,5-6,9-11,23H,8,12H2,(H,22,24). The molecule has 0 heterocycles. The van der Waals surface area contributed by atoms with Crippen LogP contribution < -0.4 is 5.32 Å². The van der Waals surface area contributed by atoms with E-state index in [2.05, 4.69) is 17.2 Å². The molecule has 130 valence electrons. The van der Waals surface area contributed by atoms with Gasteiger partial charge in [0, 0.05) is 5.56 Å². The molecular weight excluding hydrogens is 335 g/mol. The van der Waals surface area contributed by atoms with Crippen LogP contribution in [0.15, 0.2) is 48.5 Å². The van der Waals surface area contributed by atoms with Crippen molar-refractivity contribution in [1.29, 1.82) is 0 Å². The molecule has 0 atom stereocenters. The van der Waals surface area contributed by atoms with E-state index >= 15 is 0 Å². The van der Waals surface area contributed by atoms with Crippen molar-refractivity contribution in [2.45, 2.75) is 12.8 Å². The number of carbonyl (C=O) groups excluding carboxylic acids is 1. The number of hydrogen-bond donors (Lipinski definition) is 2. The lowest BCUT2D eigenvalue weighted by atomic mass is 10.1. The molecule has 2 aromatic carbocycles. The Labute approximate surface area is 142 Å². The van der Waals surface area contributed by atoms with Gasteiger partial charge in [-0.25, -0.2) is 4.79 Å².